The van der Waals surface area contributed by atoms with Crippen LogP contribution in [0.5, 0.6) is 0 Å². The summed E-state index contributed by atoms with van der Waals surface area (Å²) in [5.41, 5.74) is 5.95. The minimum absolute atomic E-state index is 0.136. The van der Waals surface area contributed by atoms with Crippen molar-refractivity contribution in [2.45, 2.75) is 26.9 Å². The van der Waals surface area contributed by atoms with Gasteiger partial charge in [0.2, 0.25) is 0 Å². The van der Waals surface area contributed by atoms with Crippen LogP contribution in [0.15, 0.2) is 29.1 Å². The maximum absolute atomic E-state index is 11.9. The zero-order chi connectivity index (χ0) is 14.5. The number of nitrogens with two attached hydrogens (primary N) is 1. The predicted octanol–water partition coefficient (Wildman–Crippen LogP) is 1.31. The van der Waals surface area contributed by atoms with Crippen molar-refractivity contribution in [2.75, 3.05) is 6.54 Å². The third-order valence-electron chi connectivity index (χ3n) is 3.16. The van der Waals surface area contributed by atoms with Crippen molar-refractivity contribution in [3.8, 4) is 0 Å². The summed E-state index contributed by atoms with van der Waals surface area (Å²) in [6.07, 6.45) is 5.15. The summed E-state index contributed by atoms with van der Waals surface area (Å²) in [6, 6.07) is 1.67. The summed E-state index contributed by atoms with van der Waals surface area (Å²) in [4.78, 5) is 16.1. The highest BCUT2D eigenvalue weighted by Gasteiger charge is 2.11. The van der Waals surface area contributed by atoms with E-state index in [2.05, 4.69) is 21.8 Å². The Morgan fingerprint density at radius 2 is 2.40 bits per heavy atom. The first-order valence-electron chi connectivity index (χ1n) is 6.63. The maximum Gasteiger partial charge on any atom is 0.254 e. The predicted molar refractivity (Wildman–Crippen MR) is 75.1 cm³/mol. The molecule has 2 aromatic heterocycles. The molecule has 1 atom stereocenters. The summed E-state index contributed by atoms with van der Waals surface area (Å²) in [6.45, 7) is 5.76. The molecule has 0 aliphatic carbocycles. The molecule has 0 spiro atoms. The topological polar surface area (TPSA) is 86.1 Å². The zero-order valence-corrected chi connectivity index (χ0v) is 11.8. The number of furan rings is 1. The van der Waals surface area contributed by atoms with Crippen molar-refractivity contribution in [3.05, 3.63) is 41.9 Å². The van der Waals surface area contributed by atoms with Crippen LogP contribution in [0.2, 0.25) is 0 Å². The highest BCUT2D eigenvalue weighted by atomic mass is 16.3. The van der Waals surface area contributed by atoms with Crippen molar-refractivity contribution in [1.82, 2.24) is 14.9 Å². The highest BCUT2D eigenvalue weighted by molar-refractivity contribution is 5.93. The van der Waals surface area contributed by atoms with Gasteiger partial charge in [0.25, 0.3) is 5.91 Å². The van der Waals surface area contributed by atoms with Gasteiger partial charge in [-0.3, -0.25) is 4.79 Å². The molecule has 1 unspecified atom stereocenters. The first-order chi connectivity index (χ1) is 9.60. The quantitative estimate of drug-likeness (QED) is 0.833. The number of nitrogens with one attached hydrogen (secondary N) is 1. The lowest BCUT2D eigenvalue weighted by Gasteiger charge is -2.14. The van der Waals surface area contributed by atoms with Gasteiger partial charge in [-0.1, -0.05) is 6.92 Å². The molecule has 20 heavy (non-hydrogen) atoms. The van der Waals surface area contributed by atoms with Crippen molar-refractivity contribution >= 4 is 5.91 Å². The Hall–Kier alpha value is -2.08. The highest BCUT2D eigenvalue weighted by Crippen LogP contribution is 2.07. The van der Waals surface area contributed by atoms with Gasteiger partial charge >= 0.3 is 0 Å². The Labute approximate surface area is 118 Å². The van der Waals surface area contributed by atoms with Crippen molar-refractivity contribution in [1.29, 1.82) is 0 Å². The SMILES string of the molecule is Cc1nccn1CC(C)CNC(=O)c1coc(CN)c1. The third-order valence-corrected chi connectivity index (χ3v) is 3.16. The summed E-state index contributed by atoms with van der Waals surface area (Å²) < 4.78 is 7.22. The maximum atomic E-state index is 11.9. The van der Waals surface area contributed by atoms with E-state index in [0.29, 0.717) is 30.3 Å². The molecule has 0 fully saturated rings. The number of carbonyl (C=O) groups excluding carboxylic acids is 1. The average molecular weight is 276 g/mol. The smallest absolute Gasteiger partial charge is 0.254 e. The number of nitrogens with zero attached hydrogens (tertiary/aromatic N) is 2. The van der Waals surface area contributed by atoms with Crippen molar-refractivity contribution < 1.29 is 9.21 Å². The van der Waals surface area contributed by atoms with Gasteiger partial charge in [0.1, 0.15) is 17.8 Å². The lowest BCUT2D eigenvalue weighted by molar-refractivity contribution is 0.0946. The van der Waals surface area contributed by atoms with E-state index in [0.717, 1.165) is 12.4 Å². The molecule has 3 N–H and O–H groups in total. The fourth-order valence-corrected chi connectivity index (χ4v) is 1.97. The standard InChI is InChI=1S/C14H20N4O2/c1-10(8-18-4-3-16-11(18)2)7-17-14(19)12-5-13(6-15)20-9-12/h3-5,9-10H,6-8,15H2,1-2H3,(H,17,19). The van der Waals surface area contributed by atoms with Gasteiger partial charge in [-0.05, 0) is 18.9 Å². The van der Waals surface area contributed by atoms with Crippen LogP contribution < -0.4 is 11.1 Å². The molecule has 0 aliphatic heterocycles. The molecular weight excluding hydrogens is 256 g/mol. The molecule has 1 amide bonds. The molecule has 0 saturated carbocycles. The molecule has 6 nitrogen and oxygen atoms in total. The molecular formula is C14H20N4O2. The molecule has 0 saturated heterocycles. The van der Waals surface area contributed by atoms with Gasteiger partial charge in [-0.25, -0.2) is 4.98 Å². The summed E-state index contributed by atoms with van der Waals surface area (Å²) >= 11 is 0. The van der Waals surface area contributed by atoms with Crippen LogP contribution in [0.1, 0.15) is 28.9 Å². The van der Waals surface area contributed by atoms with E-state index >= 15 is 0 Å². The molecule has 6 heteroatoms. The zero-order valence-electron chi connectivity index (χ0n) is 11.8. The molecule has 108 valence electrons. The minimum atomic E-state index is -0.136. The largest absolute Gasteiger partial charge is 0.467 e. The van der Waals surface area contributed by atoms with Crippen LogP contribution in [0.4, 0.5) is 0 Å². The molecule has 0 aliphatic rings. The number of hydrogen-bond acceptors (Lipinski definition) is 4. The fraction of sp³-hybridized carbons (Fsp3) is 0.429. The molecule has 2 rings (SSSR count). The van der Waals surface area contributed by atoms with Gasteiger partial charge in [0.05, 0.1) is 12.1 Å². The number of imidazole rings is 1. The number of aromatic nitrogens is 2. The number of carbonyl (C=O) groups is 1. The molecule has 0 radical (unpaired) electrons. The van der Waals surface area contributed by atoms with Crippen LogP contribution >= 0.6 is 0 Å². The number of rotatable bonds is 6. The third kappa shape index (κ3) is 3.48. The van der Waals surface area contributed by atoms with E-state index in [-0.39, 0.29) is 5.91 Å². The molecule has 2 heterocycles. The fourth-order valence-electron chi connectivity index (χ4n) is 1.97. The second kappa shape index (κ2) is 6.38. The number of aryl methyl sites for hydroxylation is 1. The Morgan fingerprint density at radius 1 is 1.60 bits per heavy atom. The Bertz CT molecular complexity index is 573. The first kappa shape index (κ1) is 14.3. The van der Waals surface area contributed by atoms with Gasteiger partial charge < -0.3 is 20.0 Å². The van der Waals surface area contributed by atoms with E-state index in [4.69, 9.17) is 10.2 Å². The van der Waals surface area contributed by atoms with E-state index < -0.39 is 0 Å². The summed E-state index contributed by atoms with van der Waals surface area (Å²) in [7, 11) is 0. The van der Waals surface area contributed by atoms with Gasteiger partial charge in [-0.2, -0.15) is 0 Å². The molecule has 0 bridgehead atoms. The van der Waals surface area contributed by atoms with Crippen molar-refractivity contribution in [3.63, 3.8) is 0 Å². The normalized spacial score (nSPS) is 12.3. The first-order valence-corrected chi connectivity index (χ1v) is 6.63. The van der Waals surface area contributed by atoms with E-state index in [9.17, 15) is 4.79 Å². The Morgan fingerprint density at radius 3 is 3.00 bits per heavy atom. The molecule has 0 aromatic carbocycles. The van der Waals surface area contributed by atoms with E-state index in [1.54, 1.807) is 12.3 Å². The van der Waals surface area contributed by atoms with Crippen LogP contribution in [0.25, 0.3) is 0 Å². The van der Waals surface area contributed by atoms with Crippen molar-refractivity contribution in [2.24, 2.45) is 11.7 Å². The Balaban J connectivity index is 1.82. The lowest BCUT2D eigenvalue weighted by Crippen LogP contribution is -2.29. The second-order valence-electron chi connectivity index (χ2n) is 4.95. The Kier molecular flexibility index (Phi) is 4.57. The van der Waals surface area contributed by atoms with Gasteiger partial charge in [0.15, 0.2) is 0 Å². The van der Waals surface area contributed by atoms with Crippen LogP contribution in [0, 0.1) is 12.8 Å². The average Bonchev–Trinajstić information content (AvgIpc) is 3.06. The van der Waals surface area contributed by atoms with Crippen LogP contribution in [-0.4, -0.2) is 22.0 Å². The van der Waals surface area contributed by atoms with Gasteiger partial charge in [0, 0.05) is 25.5 Å². The van der Waals surface area contributed by atoms with E-state index in [1.807, 2.05) is 13.1 Å². The van der Waals surface area contributed by atoms with Crippen LogP contribution in [0.3, 0.4) is 0 Å². The number of hydrogen-bond donors (Lipinski definition) is 2. The van der Waals surface area contributed by atoms with Gasteiger partial charge in [-0.15, -0.1) is 0 Å². The minimum Gasteiger partial charge on any atom is -0.467 e. The van der Waals surface area contributed by atoms with E-state index in [1.165, 1.54) is 6.26 Å². The molecule has 2 aromatic rings. The summed E-state index contributed by atoms with van der Waals surface area (Å²) in [5.74, 6) is 1.76. The number of amides is 1. The summed E-state index contributed by atoms with van der Waals surface area (Å²) in [5, 5.41) is 2.89. The van der Waals surface area contributed by atoms with Crippen LogP contribution in [-0.2, 0) is 13.1 Å². The lowest BCUT2D eigenvalue weighted by atomic mass is 10.1. The monoisotopic (exact) mass is 276 g/mol. The second-order valence-corrected chi connectivity index (χ2v) is 4.95.